The number of rotatable bonds is 14. The molecule has 1 saturated heterocycles. The summed E-state index contributed by atoms with van der Waals surface area (Å²) in [4.78, 5) is 84.7. The van der Waals surface area contributed by atoms with Gasteiger partial charge in [0, 0.05) is 19.9 Å². The van der Waals surface area contributed by atoms with Crippen molar-refractivity contribution < 1.29 is 43.8 Å². The van der Waals surface area contributed by atoms with E-state index >= 15 is 0 Å². The van der Waals surface area contributed by atoms with Gasteiger partial charge in [-0.1, -0.05) is 13.8 Å². The second-order valence-electron chi connectivity index (χ2n) is 8.91. The molecule has 0 aromatic heterocycles. The number of amides is 4. The van der Waals surface area contributed by atoms with Crippen LogP contribution in [0.5, 0.6) is 0 Å². The summed E-state index contributed by atoms with van der Waals surface area (Å²) in [6, 6.07) is -4.48. The molecule has 0 spiro atoms. The average molecular weight is 499 g/mol. The molecular formula is C22H34N4O9. The minimum absolute atomic E-state index is 0.0361. The van der Waals surface area contributed by atoms with Crippen LogP contribution < -0.4 is 16.0 Å². The predicted molar refractivity (Wildman–Crippen MR) is 121 cm³/mol. The maximum absolute atomic E-state index is 13.3. The molecule has 1 rings (SSSR count). The lowest BCUT2D eigenvalue weighted by molar-refractivity contribution is -0.144. The van der Waals surface area contributed by atoms with E-state index in [2.05, 4.69) is 16.0 Å². The summed E-state index contributed by atoms with van der Waals surface area (Å²) in [7, 11) is 0. The first-order valence-electron chi connectivity index (χ1n) is 11.4. The van der Waals surface area contributed by atoms with Crippen LogP contribution in [-0.2, 0) is 33.6 Å². The van der Waals surface area contributed by atoms with Gasteiger partial charge in [-0.05, 0) is 31.6 Å². The molecule has 4 atom stereocenters. The third-order valence-electron chi connectivity index (χ3n) is 5.39. The Morgan fingerprint density at radius 2 is 1.66 bits per heavy atom. The Morgan fingerprint density at radius 3 is 2.17 bits per heavy atom. The van der Waals surface area contributed by atoms with E-state index in [9.17, 15) is 33.6 Å². The number of aliphatic carboxylic acids is 2. The molecule has 0 bridgehead atoms. The van der Waals surface area contributed by atoms with Gasteiger partial charge in [0.1, 0.15) is 24.4 Å². The third kappa shape index (κ3) is 10.1. The van der Waals surface area contributed by atoms with E-state index in [0.717, 1.165) is 0 Å². The summed E-state index contributed by atoms with van der Waals surface area (Å²) in [5, 5.41) is 25.3. The van der Waals surface area contributed by atoms with Crippen molar-refractivity contribution in [3.05, 3.63) is 0 Å². The first-order valence-corrected chi connectivity index (χ1v) is 11.4. The number of aldehydes is 1. The molecule has 13 nitrogen and oxygen atoms in total. The van der Waals surface area contributed by atoms with Gasteiger partial charge >= 0.3 is 11.9 Å². The third-order valence-corrected chi connectivity index (χ3v) is 5.39. The lowest BCUT2D eigenvalue weighted by Crippen LogP contribution is -2.57. The number of nitrogens with zero attached hydrogens (tertiary/aromatic N) is 1. The highest BCUT2D eigenvalue weighted by atomic mass is 16.4. The summed E-state index contributed by atoms with van der Waals surface area (Å²) in [6.45, 7) is 5.10. The maximum Gasteiger partial charge on any atom is 0.305 e. The minimum atomic E-state index is -1.28. The summed E-state index contributed by atoms with van der Waals surface area (Å²) < 4.78 is 0. The number of hydrogen-bond acceptors (Lipinski definition) is 7. The van der Waals surface area contributed by atoms with E-state index in [4.69, 9.17) is 10.2 Å². The topological polar surface area (TPSA) is 199 Å². The van der Waals surface area contributed by atoms with Crippen LogP contribution in [0.15, 0.2) is 0 Å². The van der Waals surface area contributed by atoms with Crippen molar-refractivity contribution in [1.82, 2.24) is 20.9 Å². The molecule has 0 saturated carbocycles. The van der Waals surface area contributed by atoms with Crippen LogP contribution in [0.4, 0.5) is 0 Å². The van der Waals surface area contributed by atoms with Gasteiger partial charge in [0.15, 0.2) is 0 Å². The fourth-order valence-electron chi connectivity index (χ4n) is 3.85. The molecule has 4 amide bonds. The SMILES string of the molecule is CC(=O)N[C@@H](CC(C)C)C(=O)N[C@@H](CCC(=O)O)C(=O)N1CCCC1C(=O)N[C@H](C=O)CC(=O)O. The molecular weight excluding hydrogens is 464 g/mol. The highest BCUT2D eigenvalue weighted by Gasteiger charge is 2.39. The molecule has 196 valence electrons. The quantitative estimate of drug-likeness (QED) is 0.187. The van der Waals surface area contributed by atoms with Crippen molar-refractivity contribution in [2.75, 3.05) is 6.54 Å². The predicted octanol–water partition coefficient (Wildman–Crippen LogP) is -0.964. The zero-order valence-electron chi connectivity index (χ0n) is 20.1. The standard InChI is InChI=1S/C22H34N4O9/c1-12(2)9-16(23-13(3)28)20(33)25-15(6-7-18(29)30)22(35)26-8-4-5-17(26)21(34)24-14(11-27)10-19(31)32/h11-12,14-17H,4-10H2,1-3H3,(H,23,28)(H,24,34)(H,25,33)(H,29,30)(H,31,32)/t14-,15-,16-,17?/m0/s1. The zero-order valence-corrected chi connectivity index (χ0v) is 20.1. The molecule has 0 aliphatic carbocycles. The van der Waals surface area contributed by atoms with Crippen LogP contribution in [0.3, 0.4) is 0 Å². The first-order chi connectivity index (χ1) is 16.3. The molecule has 5 N–H and O–H groups in total. The van der Waals surface area contributed by atoms with Crippen molar-refractivity contribution in [3.63, 3.8) is 0 Å². The van der Waals surface area contributed by atoms with Crippen molar-refractivity contribution >= 4 is 41.9 Å². The van der Waals surface area contributed by atoms with Crippen LogP contribution in [0.2, 0.25) is 0 Å². The van der Waals surface area contributed by atoms with Crippen LogP contribution in [-0.4, -0.2) is 87.7 Å². The maximum atomic E-state index is 13.3. The van der Waals surface area contributed by atoms with E-state index in [1.165, 1.54) is 11.8 Å². The van der Waals surface area contributed by atoms with E-state index in [-0.39, 0.29) is 31.7 Å². The van der Waals surface area contributed by atoms with E-state index in [1.807, 2.05) is 13.8 Å². The molecule has 0 aromatic rings. The molecule has 0 aromatic carbocycles. The largest absolute Gasteiger partial charge is 0.481 e. The lowest BCUT2D eigenvalue weighted by atomic mass is 10.0. The van der Waals surface area contributed by atoms with Gasteiger partial charge in [-0.25, -0.2) is 0 Å². The van der Waals surface area contributed by atoms with Gasteiger partial charge in [-0.2, -0.15) is 0 Å². The summed E-state index contributed by atoms with van der Waals surface area (Å²) >= 11 is 0. The smallest absolute Gasteiger partial charge is 0.305 e. The number of likely N-dealkylation sites (tertiary alicyclic amines) is 1. The van der Waals surface area contributed by atoms with Gasteiger partial charge in [0.2, 0.25) is 23.6 Å². The van der Waals surface area contributed by atoms with Gasteiger partial charge in [-0.15, -0.1) is 0 Å². The van der Waals surface area contributed by atoms with Crippen molar-refractivity contribution in [3.8, 4) is 0 Å². The van der Waals surface area contributed by atoms with Crippen molar-refractivity contribution in [1.29, 1.82) is 0 Å². The molecule has 1 aliphatic rings. The number of carboxylic acid groups (broad SMARTS) is 2. The molecule has 0 radical (unpaired) electrons. The Labute approximate surface area is 203 Å². The van der Waals surface area contributed by atoms with Gasteiger partial charge in [0.25, 0.3) is 0 Å². The fourth-order valence-corrected chi connectivity index (χ4v) is 3.85. The zero-order chi connectivity index (χ0) is 26.7. The Morgan fingerprint density at radius 1 is 1.00 bits per heavy atom. The monoisotopic (exact) mass is 498 g/mol. The summed E-state index contributed by atoms with van der Waals surface area (Å²) in [5.74, 6) is -4.92. The van der Waals surface area contributed by atoms with Crippen molar-refractivity contribution in [2.45, 2.75) is 83.5 Å². The highest BCUT2D eigenvalue weighted by Crippen LogP contribution is 2.20. The van der Waals surface area contributed by atoms with Crippen LogP contribution in [0.25, 0.3) is 0 Å². The number of carbonyl (C=O) groups excluding carboxylic acids is 5. The van der Waals surface area contributed by atoms with Crippen LogP contribution in [0.1, 0.15) is 59.3 Å². The fraction of sp³-hybridized carbons (Fsp3) is 0.682. The average Bonchev–Trinajstić information content (AvgIpc) is 3.23. The van der Waals surface area contributed by atoms with E-state index in [0.29, 0.717) is 12.7 Å². The van der Waals surface area contributed by atoms with E-state index in [1.54, 1.807) is 0 Å². The Hall–Kier alpha value is -3.51. The Kier molecular flexibility index (Phi) is 11.8. The molecule has 1 aliphatic heterocycles. The molecule has 35 heavy (non-hydrogen) atoms. The van der Waals surface area contributed by atoms with E-state index < -0.39 is 72.6 Å². The minimum Gasteiger partial charge on any atom is -0.481 e. The molecule has 1 heterocycles. The second kappa shape index (κ2) is 14.0. The highest BCUT2D eigenvalue weighted by molar-refractivity contribution is 5.95. The Bertz CT molecular complexity index is 830. The van der Waals surface area contributed by atoms with Gasteiger partial charge in [0.05, 0.1) is 12.5 Å². The normalized spacial score (nSPS) is 17.7. The summed E-state index contributed by atoms with van der Waals surface area (Å²) in [5.41, 5.74) is 0. The Balaban J connectivity index is 3.05. The van der Waals surface area contributed by atoms with Crippen LogP contribution >= 0.6 is 0 Å². The molecule has 1 unspecified atom stereocenters. The molecule has 1 fully saturated rings. The van der Waals surface area contributed by atoms with Crippen LogP contribution in [0, 0.1) is 5.92 Å². The second-order valence-corrected chi connectivity index (χ2v) is 8.91. The molecule has 13 heteroatoms. The van der Waals surface area contributed by atoms with Gasteiger partial charge < -0.3 is 35.9 Å². The summed E-state index contributed by atoms with van der Waals surface area (Å²) in [6.07, 6.45) is -0.0186. The number of carboxylic acids is 2. The number of carbonyl (C=O) groups is 7. The lowest BCUT2D eigenvalue weighted by Gasteiger charge is -2.30. The number of hydrogen-bond donors (Lipinski definition) is 5. The van der Waals surface area contributed by atoms with Gasteiger partial charge in [-0.3, -0.25) is 28.8 Å². The number of nitrogens with one attached hydrogen (secondary N) is 3. The van der Waals surface area contributed by atoms with Crippen molar-refractivity contribution in [2.24, 2.45) is 5.92 Å². The first kappa shape index (κ1) is 29.5.